The maximum atomic E-state index is 5.93. The van der Waals surface area contributed by atoms with Gasteiger partial charge in [0.1, 0.15) is 0 Å². The molecule has 2 heteroatoms. The second-order valence-corrected chi connectivity index (χ2v) is 8.36. The summed E-state index contributed by atoms with van der Waals surface area (Å²) in [5.41, 5.74) is 6.37. The van der Waals surface area contributed by atoms with Crippen molar-refractivity contribution in [1.29, 1.82) is 0 Å². The molecule has 1 saturated carbocycles. The van der Waals surface area contributed by atoms with Crippen LogP contribution in [-0.4, -0.2) is 0 Å². The highest BCUT2D eigenvalue weighted by Crippen LogP contribution is 2.46. The van der Waals surface area contributed by atoms with Crippen LogP contribution in [0.3, 0.4) is 0 Å². The van der Waals surface area contributed by atoms with Crippen LogP contribution in [0.25, 0.3) is 0 Å². The summed E-state index contributed by atoms with van der Waals surface area (Å²) in [7, 11) is 0. The summed E-state index contributed by atoms with van der Waals surface area (Å²) in [4.78, 5) is 0. The molecule has 21 heavy (non-hydrogen) atoms. The molecule has 1 fully saturated rings. The lowest BCUT2D eigenvalue weighted by molar-refractivity contribution is 0.0982. The number of hydrazine groups is 1. The van der Waals surface area contributed by atoms with Gasteiger partial charge in [0.15, 0.2) is 0 Å². The predicted molar refractivity (Wildman–Crippen MR) is 90.9 cm³/mol. The van der Waals surface area contributed by atoms with Crippen molar-refractivity contribution < 1.29 is 0 Å². The number of hydrogen-bond acceptors (Lipinski definition) is 2. The zero-order chi connectivity index (χ0) is 15.7. The van der Waals surface area contributed by atoms with Crippen molar-refractivity contribution in [2.75, 3.05) is 0 Å². The smallest absolute Gasteiger partial charge is 0.0493 e. The minimum absolute atomic E-state index is 0.203. The minimum Gasteiger partial charge on any atom is -0.271 e. The van der Waals surface area contributed by atoms with Crippen LogP contribution in [-0.2, 0) is 5.41 Å². The molecule has 0 spiro atoms. The average molecular weight is 288 g/mol. The molecular formula is C19H32N2. The average Bonchev–Trinajstić information content (AvgIpc) is 2.41. The molecule has 1 aromatic rings. The first-order valence-corrected chi connectivity index (χ1v) is 8.32. The summed E-state index contributed by atoms with van der Waals surface area (Å²) >= 11 is 0. The van der Waals surface area contributed by atoms with Gasteiger partial charge >= 0.3 is 0 Å². The molecule has 2 atom stereocenters. The maximum absolute atomic E-state index is 5.93. The van der Waals surface area contributed by atoms with Crippen LogP contribution in [0.2, 0.25) is 0 Å². The molecule has 0 bridgehead atoms. The van der Waals surface area contributed by atoms with E-state index in [-0.39, 0.29) is 11.5 Å². The lowest BCUT2D eigenvalue weighted by atomic mass is 9.65. The molecule has 1 aliphatic carbocycles. The topological polar surface area (TPSA) is 38.0 Å². The zero-order valence-electron chi connectivity index (χ0n) is 14.4. The van der Waals surface area contributed by atoms with E-state index in [1.165, 1.54) is 36.8 Å². The lowest BCUT2D eigenvalue weighted by Gasteiger charge is -2.43. The first kappa shape index (κ1) is 16.5. The third kappa shape index (κ3) is 3.67. The molecule has 0 amide bonds. The van der Waals surface area contributed by atoms with Crippen LogP contribution in [0, 0.1) is 11.3 Å². The van der Waals surface area contributed by atoms with Crippen molar-refractivity contribution >= 4 is 0 Å². The van der Waals surface area contributed by atoms with Crippen molar-refractivity contribution in [2.24, 2.45) is 17.2 Å². The van der Waals surface area contributed by atoms with E-state index < -0.39 is 0 Å². The van der Waals surface area contributed by atoms with Crippen molar-refractivity contribution in [1.82, 2.24) is 5.43 Å². The van der Waals surface area contributed by atoms with Gasteiger partial charge in [-0.25, -0.2) is 0 Å². The van der Waals surface area contributed by atoms with Crippen molar-refractivity contribution in [3.05, 3.63) is 35.4 Å². The van der Waals surface area contributed by atoms with Crippen LogP contribution in [0.15, 0.2) is 24.3 Å². The van der Waals surface area contributed by atoms with E-state index in [0.29, 0.717) is 11.3 Å². The van der Waals surface area contributed by atoms with Crippen LogP contribution >= 0.6 is 0 Å². The molecule has 3 N–H and O–H groups in total. The molecule has 2 rings (SSSR count). The molecule has 2 unspecified atom stereocenters. The largest absolute Gasteiger partial charge is 0.271 e. The van der Waals surface area contributed by atoms with Gasteiger partial charge in [0.05, 0.1) is 0 Å². The Morgan fingerprint density at radius 1 is 1.14 bits per heavy atom. The molecule has 0 aromatic heterocycles. The third-order valence-electron chi connectivity index (χ3n) is 5.31. The van der Waals surface area contributed by atoms with Gasteiger partial charge in [0.25, 0.3) is 0 Å². The molecule has 0 heterocycles. The number of rotatable bonds is 3. The molecule has 0 aliphatic heterocycles. The summed E-state index contributed by atoms with van der Waals surface area (Å²) in [6, 6.07) is 9.30. The van der Waals surface area contributed by atoms with Gasteiger partial charge in [-0.2, -0.15) is 0 Å². The van der Waals surface area contributed by atoms with Gasteiger partial charge in [-0.1, -0.05) is 71.7 Å². The van der Waals surface area contributed by atoms with E-state index in [4.69, 9.17) is 5.84 Å². The second kappa shape index (κ2) is 6.10. The molecular weight excluding hydrogens is 256 g/mol. The van der Waals surface area contributed by atoms with Crippen LogP contribution < -0.4 is 11.3 Å². The standard InChI is InChI=1S/C19H32N2/c1-18(2,3)15-11-9-14(10-12-15)17(21-20)16-8-6-7-13-19(16,4)5/h9-12,16-17,21H,6-8,13,20H2,1-5H3. The summed E-state index contributed by atoms with van der Waals surface area (Å²) < 4.78 is 0. The van der Waals surface area contributed by atoms with Gasteiger partial charge in [-0.3, -0.25) is 11.3 Å². The highest BCUT2D eigenvalue weighted by molar-refractivity contribution is 5.30. The first-order chi connectivity index (χ1) is 9.75. The minimum atomic E-state index is 0.203. The van der Waals surface area contributed by atoms with E-state index in [0.717, 1.165) is 0 Å². The SMILES string of the molecule is CC(C)(C)c1ccc(C(NN)C2CCCCC2(C)C)cc1. The van der Waals surface area contributed by atoms with Crippen LogP contribution in [0.5, 0.6) is 0 Å². The monoisotopic (exact) mass is 288 g/mol. The molecule has 1 aromatic carbocycles. The summed E-state index contributed by atoms with van der Waals surface area (Å²) in [6.07, 6.45) is 5.24. The Hall–Kier alpha value is -0.860. The Morgan fingerprint density at radius 2 is 1.76 bits per heavy atom. The third-order valence-corrected chi connectivity index (χ3v) is 5.31. The highest BCUT2D eigenvalue weighted by atomic mass is 15.2. The number of hydrogen-bond donors (Lipinski definition) is 2. The number of nitrogens with one attached hydrogen (secondary N) is 1. The fourth-order valence-electron chi connectivity index (χ4n) is 3.77. The fourth-order valence-corrected chi connectivity index (χ4v) is 3.77. The fraction of sp³-hybridized carbons (Fsp3) is 0.684. The summed E-state index contributed by atoms with van der Waals surface area (Å²) in [5, 5.41) is 0. The van der Waals surface area contributed by atoms with Gasteiger partial charge in [0.2, 0.25) is 0 Å². The van der Waals surface area contributed by atoms with Gasteiger partial charge < -0.3 is 0 Å². The normalized spacial score (nSPS) is 23.8. The zero-order valence-corrected chi connectivity index (χ0v) is 14.4. The molecule has 0 saturated heterocycles. The van der Waals surface area contributed by atoms with E-state index in [1.807, 2.05) is 0 Å². The lowest BCUT2D eigenvalue weighted by Crippen LogP contribution is -2.41. The maximum Gasteiger partial charge on any atom is 0.0493 e. The van der Waals surface area contributed by atoms with E-state index in [9.17, 15) is 0 Å². The van der Waals surface area contributed by atoms with E-state index >= 15 is 0 Å². The number of benzene rings is 1. The van der Waals surface area contributed by atoms with Gasteiger partial charge in [-0.05, 0) is 40.7 Å². The summed E-state index contributed by atoms with van der Waals surface area (Å²) in [5.74, 6) is 6.54. The van der Waals surface area contributed by atoms with E-state index in [1.54, 1.807) is 0 Å². The Morgan fingerprint density at radius 3 is 2.24 bits per heavy atom. The van der Waals surface area contributed by atoms with Gasteiger partial charge in [-0.15, -0.1) is 0 Å². The molecule has 1 aliphatic rings. The summed E-state index contributed by atoms with van der Waals surface area (Å²) in [6.45, 7) is 11.6. The molecule has 118 valence electrons. The van der Waals surface area contributed by atoms with Gasteiger partial charge in [0, 0.05) is 6.04 Å². The van der Waals surface area contributed by atoms with Crippen LogP contribution in [0.1, 0.15) is 77.5 Å². The Kier molecular flexibility index (Phi) is 4.79. The van der Waals surface area contributed by atoms with Crippen molar-refractivity contribution in [3.63, 3.8) is 0 Å². The first-order valence-electron chi connectivity index (χ1n) is 8.32. The number of nitrogens with two attached hydrogens (primary N) is 1. The highest BCUT2D eigenvalue weighted by Gasteiger charge is 2.37. The molecule has 0 radical (unpaired) electrons. The second-order valence-electron chi connectivity index (χ2n) is 8.36. The van der Waals surface area contributed by atoms with E-state index in [2.05, 4.69) is 64.3 Å². The Balaban J connectivity index is 2.25. The predicted octanol–water partition coefficient (Wildman–Crippen LogP) is 4.70. The Bertz CT molecular complexity index is 453. The molecule has 2 nitrogen and oxygen atoms in total. The van der Waals surface area contributed by atoms with Crippen LogP contribution in [0.4, 0.5) is 0 Å². The quantitative estimate of drug-likeness (QED) is 0.624. The van der Waals surface area contributed by atoms with Crippen molar-refractivity contribution in [3.8, 4) is 0 Å². The Labute approximate surface area is 130 Å². The van der Waals surface area contributed by atoms with Crippen molar-refractivity contribution in [2.45, 2.75) is 71.8 Å².